The molecule has 5 heteroatoms. The third-order valence-corrected chi connectivity index (χ3v) is 2.53. The van der Waals surface area contributed by atoms with E-state index in [1.165, 1.54) is 11.3 Å². The predicted molar refractivity (Wildman–Crippen MR) is 51.0 cm³/mol. The number of benzene rings is 1. The summed E-state index contributed by atoms with van der Waals surface area (Å²) in [6, 6.07) is 9.91. The summed E-state index contributed by atoms with van der Waals surface area (Å²) >= 11 is 6.31. The Bertz CT molecular complexity index is 375. The molecule has 0 radical (unpaired) electrons. The summed E-state index contributed by atoms with van der Waals surface area (Å²) in [4.78, 5) is 0. The molecule has 0 bridgehead atoms. The first-order valence-corrected chi connectivity index (χ1v) is 4.65. The van der Waals surface area contributed by atoms with Gasteiger partial charge in [0.05, 0.1) is 5.01 Å². The summed E-state index contributed by atoms with van der Waals surface area (Å²) in [6.07, 6.45) is 0. The van der Waals surface area contributed by atoms with Gasteiger partial charge in [0, 0.05) is 19.5 Å². The van der Waals surface area contributed by atoms with Crippen molar-refractivity contribution in [3.63, 3.8) is 0 Å². The monoisotopic (exact) mass is 257 g/mol. The molecule has 0 saturated heterocycles. The van der Waals surface area contributed by atoms with Gasteiger partial charge in [-0.15, -0.1) is 0 Å². The van der Waals surface area contributed by atoms with Gasteiger partial charge >= 0.3 is 0 Å². The Hall–Kier alpha value is -0.377. The molecule has 2 aromatic rings. The van der Waals surface area contributed by atoms with Crippen molar-refractivity contribution < 1.29 is 19.5 Å². The smallest absolute Gasteiger partial charge is 0.0543 e. The van der Waals surface area contributed by atoms with E-state index >= 15 is 0 Å². The average Bonchev–Trinajstić information content (AvgIpc) is 2.54. The molecule has 0 atom stereocenters. The largest absolute Gasteiger partial charge is 0.406 e. The summed E-state index contributed by atoms with van der Waals surface area (Å²) < 4.78 is 0.592. The molecular weight excluding hydrogens is 254 g/mol. The minimum Gasteiger partial charge on any atom is -0.406 e. The van der Waals surface area contributed by atoms with E-state index in [0.717, 1.165) is 10.6 Å². The third-order valence-electron chi connectivity index (χ3n) is 1.43. The van der Waals surface area contributed by atoms with E-state index in [1.54, 1.807) is 0 Å². The van der Waals surface area contributed by atoms with Gasteiger partial charge in [-0.1, -0.05) is 30.3 Å². The van der Waals surface area contributed by atoms with Crippen molar-refractivity contribution in [2.45, 2.75) is 4.34 Å². The van der Waals surface area contributed by atoms with Crippen LogP contribution in [0.15, 0.2) is 34.7 Å². The van der Waals surface area contributed by atoms with Crippen molar-refractivity contribution in [2.24, 2.45) is 0 Å². The van der Waals surface area contributed by atoms with Crippen molar-refractivity contribution >= 4 is 24.0 Å². The molecule has 2 nitrogen and oxygen atoms in total. The Labute approximate surface area is 98.6 Å². The molecule has 0 N–H and O–H groups in total. The standard InChI is InChI=1S/C8H6N2S2.Zn/c11-8-10-9-7(12-8)6-4-2-1-3-5-6;/h1-5H,(H,10,11);/p-1. The van der Waals surface area contributed by atoms with Crippen molar-refractivity contribution in [1.82, 2.24) is 10.2 Å². The number of hydrogen-bond acceptors (Lipinski definition) is 4. The molecule has 1 heterocycles. The molecule has 0 unspecified atom stereocenters. The van der Waals surface area contributed by atoms with E-state index in [0.29, 0.717) is 4.34 Å². The SMILES string of the molecule is [S-]c1nnc(-c2ccccc2)s1.[Zn]. The van der Waals surface area contributed by atoms with Gasteiger partial charge in [-0.2, -0.15) is 10.2 Å². The molecule has 2 rings (SSSR count). The fourth-order valence-electron chi connectivity index (χ4n) is 0.907. The molecule has 1 aromatic carbocycles. The van der Waals surface area contributed by atoms with Crippen molar-refractivity contribution in [1.29, 1.82) is 0 Å². The zero-order chi connectivity index (χ0) is 8.39. The Morgan fingerprint density at radius 3 is 2.31 bits per heavy atom. The van der Waals surface area contributed by atoms with Crippen LogP contribution in [0.5, 0.6) is 0 Å². The van der Waals surface area contributed by atoms with Gasteiger partial charge in [0.15, 0.2) is 0 Å². The first kappa shape index (κ1) is 10.7. The first-order chi connectivity index (χ1) is 5.86. The quantitative estimate of drug-likeness (QED) is 0.579. The first-order valence-electron chi connectivity index (χ1n) is 3.42. The molecule has 0 fully saturated rings. The van der Waals surface area contributed by atoms with Gasteiger partial charge in [0.1, 0.15) is 0 Å². The molecule has 13 heavy (non-hydrogen) atoms. The van der Waals surface area contributed by atoms with E-state index in [4.69, 9.17) is 12.6 Å². The Morgan fingerprint density at radius 2 is 1.77 bits per heavy atom. The average molecular weight is 259 g/mol. The van der Waals surface area contributed by atoms with Crippen LogP contribution in [0.25, 0.3) is 10.6 Å². The third kappa shape index (κ3) is 2.53. The predicted octanol–water partition coefficient (Wildman–Crippen LogP) is 2.11. The molecule has 0 saturated carbocycles. The molecule has 0 aliphatic rings. The second-order valence-electron chi connectivity index (χ2n) is 2.24. The molecule has 0 aliphatic heterocycles. The Kier molecular flexibility index (Phi) is 3.91. The maximum atomic E-state index is 4.88. The Balaban J connectivity index is 0.000000845. The maximum absolute atomic E-state index is 4.88. The van der Waals surface area contributed by atoms with E-state index in [9.17, 15) is 0 Å². The summed E-state index contributed by atoms with van der Waals surface area (Å²) in [6.45, 7) is 0. The van der Waals surface area contributed by atoms with Crippen LogP contribution in [-0.4, -0.2) is 10.2 Å². The molecule has 0 spiro atoms. The second-order valence-corrected chi connectivity index (χ2v) is 3.86. The van der Waals surface area contributed by atoms with Gasteiger partial charge in [0.25, 0.3) is 0 Å². The molecule has 0 amide bonds. The summed E-state index contributed by atoms with van der Waals surface area (Å²) in [5.74, 6) is 0. The van der Waals surface area contributed by atoms with Gasteiger partial charge in [-0.25, -0.2) is 0 Å². The fourth-order valence-corrected chi connectivity index (χ4v) is 1.77. The summed E-state index contributed by atoms with van der Waals surface area (Å²) in [5.41, 5.74) is 1.08. The van der Waals surface area contributed by atoms with E-state index in [1.807, 2.05) is 30.3 Å². The van der Waals surface area contributed by atoms with Gasteiger partial charge in [-0.05, 0) is 9.90 Å². The van der Waals surface area contributed by atoms with Crippen molar-refractivity contribution in [2.75, 3.05) is 0 Å². The number of hydrogen-bond donors (Lipinski definition) is 0. The number of nitrogens with zero attached hydrogens (tertiary/aromatic N) is 2. The van der Waals surface area contributed by atoms with Crippen LogP contribution in [0.3, 0.4) is 0 Å². The number of aromatic nitrogens is 2. The van der Waals surface area contributed by atoms with Crippen molar-refractivity contribution in [3.8, 4) is 10.6 Å². The molecule has 62 valence electrons. The zero-order valence-electron chi connectivity index (χ0n) is 6.80. The van der Waals surface area contributed by atoms with Gasteiger partial charge in [-0.3, -0.25) is 0 Å². The van der Waals surface area contributed by atoms with Crippen LogP contribution in [0.2, 0.25) is 0 Å². The van der Waals surface area contributed by atoms with Crippen LogP contribution < -0.4 is 0 Å². The second kappa shape index (κ2) is 4.75. The van der Waals surface area contributed by atoms with Crippen LogP contribution in [0.1, 0.15) is 0 Å². The number of rotatable bonds is 1. The van der Waals surface area contributed by atoms with E-state index < -0.39 is 0 Å². The van der Waals surface area contributed by atoms with Crippen LogP contribution in [0.4, 0.5) is 0 Å². The summed E-state index contributed by atoms with van der Waals surface area (Å²) in [5, 5.41) is 8.62. The summed E-state index contributed by atoms with van der Waals surface area (Å²) in [7, 11) is 0. The minimum atomic E-state index is 0. The van der Waals surface area contributed by atoms with Crippen LogP contribution in [-0.2, 0) is 32.1 Å². The van der Waals surface area contributed by atoms with Crippen LogP contribution >= 0.6 is 11.3 Å². The normalized spacial score (nSPS) is 9.23. The zero-order valence-corrected chi connectivity index (χ0v) is 11.4. The van der Waals surface area contributed by atoms with Gasteiger partial charge < -0.3 is 24.0 Å². The fraction of sp³-hybridized carbons (Fsp3) is 0. The topological polar surface area (TPSA) is 25.8 Å². The molecule has 0 aliphatic carbocycles. The maximum Gasteiger partial charge on any atom is 0.0543 e. The molecular formula is C8H5N2S2Zn-. The van der Waals surface area contributed by atoms with E-state index in [-0.39, 0.29) is 19.5 Å². The minimum absolute atomic E-state index is 0. The molecule has 1 aromatic heterocycles. The van der Waals surface area contributed by atoms with Gasteiger partial charge in [0.2, 0.25) is 0 Å². The van der Waals surface area contributed by atoms with E-state index in [2.05, 4.69) is 10.2 Å². The van der Waals surface area contributed by atoms with Crippen LogP contribution in [0, 0.1) is 0 Å². The van der Waals surface area contributed by atoms with Crippen molar-refractivity contribution in [3.05, 3.63) is 30.3 Å². The Morgan fingerprint density at radius 1 is 1.08 bits per heavy atom.